The SMILES string of the molecule is CCC(CC)(CC)NC(=O)NC1CCCCC1C(=O)O. The van der Waals surface area contributed by atoms with Gasteiger partial charge in [0.05, 0.1) is 5.92 Å². The molecule has 1 saturated carbocycles. The maximum atomic E-state index is 12.2. The van der Waals surface area contributed by atoms with Gasteiger partial charge in [0.2, 0.25) is 0 Å². The Balaban J connectivity index is 2.62. The highest BCUT2D eigenvalue weighted by atomic mass is 16.4. The molecule has 0 heterocycles. The highest BCUT2D eigenvalue weighted by Gasteiger charge is 2.33. The fourth-order valence-electron chi connectivity index (χ4n) is 3.06. The van der Waals surface area contributed by atoms with Gasteiger partial charge in [0.15, 0.2) is 0 Å². The van der Waals surface area contributed by atoms with Gasteiger partial charge in [0, 0.05) is 11.6 Å². The molecule has 0 saturated heterocycles. The van der Waals surface area contributed by atoms with E-state index in [0.717, 1.165) is 38.5 Å². The number of carbonyl (C=O) groups is 2. The summed E-state index contributed by atoms with van der Waals surface area (Å²) in [5.41, 5.74) is -0.183. The lowest BCUT2D eigenvalue weighted by Crippen LogP contribution is -2.55. The second kappa shape index (κ2) is 7.50. The van der Waals surface area contributed by atoms with E-state index in [-0.39, 0.29) is 17.6 Å². The molecule has 0 bridgehead atoms. The molecule has 0 aromatic carbocycles. The van der Waals surface area contributed by atoms with Crippen LogP contribution < -0.4 is 10.6 Å². The van der Waals surface area contributed by atoms with Crippen molar-refractivity contribution < 1.29 is 14.7 Å². The van der Waals surface area contributed by atoms with E-state index in [9.17, 15) is 14.7 Å². The molecule has 0 radical (unpaired) electrons. The molecule has 1 rings (SSSR count). The summed E-state index contributed by atoms with van der Waals surface area (Å²) in [5, 5.41) is 15.1. The van der Waals surface area contributed by atoms with Crippen LogP contribution in [-0.4, -0.2) is 28.7 Å². The number of urea groups is 1. The minimum atomic E-state index is -0.803. The minimum absolute atomic E-state index is 0.183. The molecule has 0 spiro atoms. The summed E-state index contributed by atoms with van der Waals surface area (Å²) in [6.45, 7) is 6.19. The van der Waals surface area contributed by atoms with Crippen LogP contribution in [0.15, 0.2) is 0 Å². The van der Waals surface area contributed by atoms with Gasteiger partial charge < -0.3 is 15.7 Å². The molecular weight excluding hydrogens is 256 g/mol. The molecule has 116 valence electrons. The number of carboxylic acid groups (broad SMARTS) is 1. The van der Waals surface area contributed by atoms with Crippen molar-refractivity contribution >= 4 is 12.0 Å². The van der Waals surface area contributed by atoms with E-state index < -0.39 is 11.9 Å². The number of nitrogens with one attached hydrogen (secondary N) is 2. The molecule has 2 unspecified atom stereocenters. The maximum absolute atomic E-state index is 12.2. The van der Waals surface area contributed by atoms with Gasteiger partial charge in [-0.05, 0) is 32.1 Å². The summed E-state index contributed by atoms with van der Waals surface area (Å²) in [7, 11) is 0. The molecule has 1 fully saturated rings. The van der Waals surface area contributed by atoms with Crippen LogP contribution >= 0.6 is 0 Å². The van der Waals surface area contributed by atoms with E-state index in [1.807, 2.05) is 0 Å². The van der Waals surface area contributed by atoms with Gasteiger partial charge in [-0.2, -0.15) is 0 Å². The molecule has 2 atom stereocenters. The first-order valence-electron chi connectivity index (χ1n) is 7.79. The predicted octanol–water partition coefficient (Wildman–Crippen LogP) is 2.90. The van der Waals surface area contributed by atoms with Crippen molar-refractivity contribution in [2.24, 2.45) is 5.92 Å². The number of carbonyl (C=O) groups excluding carboxylic acids is 1. The van der Waals surface area contributed by atoms with Gasteiger partial charge in [-0.25, -0.2) is 4.79 Å². The topological polar surface area (TPSA) is 78.4 Å². The Bertz CT molecular complexity index is 332. The van der Waals surface area contributed by atoms with Gasteiger partial charge >= 0.3 is 12.0 Å². The van der Waals surface area contributed by atoms with Crippen molar-refractivity contribution in [1.82, 2.24) is 10.6 Å². The summed E-state index contributed by atoms with van der Waals surface area (Å²) in [4.78, 5) is 23.4. The highest BCUT2D eigenvalue weighted by molar-refractivity contribution is 5.77. The first-order chi connectivity index (χ1) is 9.48. The zero-order valence-electron chi connectivity index (χ0n) is 12.9. The Hall–Kier alpha value is -1.26. The van der Waals surface area contributed by atoms with Crippen molar-refractivity contribution in [3.63, 3.8) is 0 Å². The molecular formula is C15H28N2O3. The summed E-state index contributed by atoms with van der Waals surface area (Å²) in [6.07, 6.45) is 5.94. The van der Waals surface area contributed by atoms with Crippen LogP contribution in [0.3, 0.4) is 0 Å². The average molecular weight is 284 g/mol. The van der Waals surface area contributed by atoms with Gasteiger partial charge in [-0.3, -0.25) is 4.79 Å². The molecule has 5 nitrogen and oxygen atoms in total. The maximum Gasteiger partial charge on any atom is 0.315 e. The van der Waals surface area contributed by atoms with Crippen molar-refractivity contribution in [1.29, 1.82) is 0 Å². The molecule has 20 heavy (non-hydrogen) atoms. The van der Waals surface area contributed by atoms with Crippen LogP contribution in [0.4, 0.5) is 4.79 Å². The number of hydrogen-bond donors (Lipinski definition) is 3. The second-order valence-corrected chi connectivity index (χ2v) is 5.78. The van der Waals surface area contributed by atoms with Crippen molar-refractivity contribution in [3.8, 4) is 0 Å². The monoisotopic (exact) mass is 284 g/mol. The third kappa shape index (κ3) is 4.12. The van der Waals surface area contributed by atoms with E-state index in [2.05, 4.69) is 31.4 Å². The van der Waals surface area contributed by atoms with Gasteiger partial charge in [0.1, 0.15) is 0 Å². The van der Waals surface area contributed by atoms with Crippen LogP contribution in [0.2, 0.25) is 0 Å². The molecule has 1 aliphatic rings. The minimum Gasteiger partial charge on any atom is -0.481 e. The lowest BCUT2D eigenvalue weighted by Gasteiger charge is -2.34. The van der Waals surface area contributed by atoms with Gasteiger partial charge in [0.25, 0.3) is 0 Å². The summed E-state index contributed by atoms with van der Waals surface area (Å²) in [5.74, 6) is -1.25. The third-order valence-electron chi connectivity index (χ3n) is 4.81. The fourth-order valence-corrected chi connectivity index (χ4v) is 3.06. The smallest absolute Gasteiger partial charge is 0.315 e. The lowest BCUT2D eigenvalue weighted by atomic mass is 9.84. The highest BCUT2D eigenvalue weighted by Crippen LogP contribution is 2.25. The molecule has 0 aromatic heterocycles. The number of aliphatic carboxylic acids is 1. The standard InChI is InChI=1S/C15H28N2O3/c1-4-15(5-2,6-3)17-14(20)16-12-10-8-7-9-11(12)13(18)19/h11-12H,4-10H2,1-3H3,(H,18,19)(H2,16,17,20). The Labute approximate surface area is 121 Å². The Morgan fingerprint density at radius 1 is 1.10 bits per heavy atom. The van der Waals surface area contributed by atoms with E-state index in [1.165, 1.54) is 0 Å². The number of amides is 2. The molecule has 5 heteroatoms. The summed E-state index contributed by atoms with van der Waals surface area (Å²) in [6, 6.07) is -0.474. The molecule has 2 amide bonds. The van der Waals surface area contributed by atoms with Crippen molar-refractivity contribution in [3.05, 3.63) is 0 Å². The first-order valence-corrected chi connectivity index (χ1v) is 7.79. The van der Waals surface area contributed by atoms with Gasteiger partial charge in [-0.15, -0.1) is 0 Å². The van der Waals surface area contributed by atoms with Crippen LogP contribution in [0.25, 0.3) is 0 Å². The zero-order chi connectivity index (χ0) is 15.2. The molecule has 1 aliphatic carbocycles. The van der Waals surface area contributed by atoms with E-state index in [0.29, 0.717) is 6.42 Å². The second-order valence-electron chi connectivity index (χ2n) is 5.78. The number of carboxylic acids is 1. The normalized spacial score (nSPS) is 23.1. The van der Waals surface area contributed by atoms with Crippen LogP contribution in [0.1, 0.15) is 65.7 Å². The van der Waals surface area contributed by atoms with Crippen LogP contribution in [0.5, 0.6) is 0 Å². The quantitative estimate of drug-likeness (QED) is 0.701. The molecule has 0 aromatic rings. The first kappa shape index (κ1) is 16.8. The van der Waals surface area contributed by atoms with Crippen LogP contribution in [-0.2, 0) is 4.79 Å². The Kier molecular flexibility index (Phi) is 6.30. The number of rotatable bonds is 6. The average Bonchev–Trinajstić information content (AvgIpc) is 2.45. The summed E-state index contributed by atoms with van der Waals surface area (Å²) < 4.78 is 0. The largest absolute Gasteiger partial charge is 0.481 e. The van der Waals surface area contributed by atoms with E-state index >= 15 is 0 Å². The van der Waals surface area contributed by atoms with Crippen molar-refractivity contribution in [2.75, 3.05) is 0 Å². The third-order valence-corrected chi connectivity index (χ3v) is 4.81. The molecule has 3 N–H and O–H groups in total. The van der Waals surface area contributed by atoms with Gasteiger partial charge in [-0.1, -0.05) is 33.6 Å². The molecule has 0 aliphatic heterocycles. The predicted molar refractivity (Wildman–Crippen MR) is 78.7 cm³/mol. The van der Waals surface area contributed by atoms with E-state index in [1.54, 1.807) is 0 Å². The van der Waals surface area contributed by atoms with Crippen LogP contribution in [0, 0.1) is 5.92 Å². The fraction of sp³-hybridized carbons (Fsp3) is 0.867. The Morgan fingerprint density at radius 3 is 2.15 bits per heavy atom. The lowest BCUT2D eigenvalue weighted by molar-refractivity contribution is -0.143. The zero-order valence-corrected chi connectivity index (χ0v) is 12.9. The summed E-state index contributed by atoms with van der Waals surface area (Å²) >= 11 is 0. The van der Waals surface area contributed by atoms with Crippen molar-refractivity contribution in [2.45, 2.75) is 77.3 Å². The number of hydrogen-bond acceptors (Lipinski definition) is 2. The Morgan fingerprint density at radius 2 is 1.65 bits per heavy atom. The van der Waals surface area contributed by atoms with E-state index in [4.69, 9.17) is 0 Å².